The highest BCUT2D eigenvalue weighted by Gasteiger charge is 2.14. The van der Waals surface area contributed by atoms with Crippen LogP contribution in [0.15, 0.2) is 91.1 Å². The van der Waals surface area contributed by atoms with Gasteiger partial charge in [-0.15, -0.1) is 5.10 Å². The van der Waals surface area contributed by atoms with Crippen LogP contribution in [0.5, 0.6) is 11.5 Å². The molecule has 28 heavy (non-hydrogen) atoms. The predicted molar refractivity (Wildman–Crippen MR) is 106 cm³/mol. The first-order chi connectivity index (χ1) is 13.8. The highest BCUT2D eigenvalue weighted by Crippen LogP contribution is 2.29. The van der Waals surface area contributed by atoms with Crippen LogP contribution in [0.1, 0.15) is 16.1 Å². The molecule has 6 nitrogen and oxygen atoms in total. The lowest BCUT2D eigenvalue weighted by molar-refractivity contribution is 0.102. The third kappa shape index (κ3) is 4.24. The third-order valence-corrected chi connectivity index (χ3v) is 4.06. The summed E-state index contributed by atoms with van der Waals surface area (Å²) in [6, 6.07) is 26.6. The standard InChI is InChI=1S/C22H18N4O2/c27-22(20-16-26(25-24-20)15-17-9-3-1-4-10-17)23-19-13-7-8-14-21(19)28-18-11-5-2-6-12-18/h1-14,16H,15H2,(H,23,27). The molecule has 1 amide bonds. The first kappa shape index (κ1) is 17.5. The minimum atomic E-state index is -0.344. The smallest absolute Gasteiger partial charge is 0.277 e. The van der Waals surface area contributed by atoms with Crippen molar-refractivity contribution in [2.45, 2.75) is 6.54 Å². The fraction of sp³-hybridized carbons (Fsp3) is 0.0455. The molecule has 0 atom stereocenters. The Labute approximate surface area is 162 Å². The lowest BCUT2D eigenvalue weighted by atomic mass is 10.2. The van der Waals surface area contributed by atoms with Gasteiger partial charge < -0.3 is 10.1 Å². The number of amides is 1. The molecule has 4 rings (SSSR count). The van der Waals surface area contributed by atoms with Gasteiger partial charge in [0.15, 0.2) is 11.4 Å². The average molecular weight is 370 g/mol. The summed E-state index contributed by atoms with van der Waals surface area (Å²) in [5.74, 6) is 0.903. The molecule has 0 radical (unpaired) electrons. The Bertz CT molecular complexity index is 1060. The van der Waals surface area contributed by atoms with E-state index >= 15 is 0 Å². The van der Waals surface area contributed by atoms with Crippen LogP contribution in [-0.4, -0.2) is 20.9 Å². The summed E-state index contributed by atoms with van der Waals surface area (Å²) in [4.78, 5) is 12.6. The SMILES string of the molecule is O=C(Nc1ccccc1Oc1ccccc1)c1cn(Cc2ccccc2)nn1. The number of carbonyl (C=O) groups is 1. The Balaban J connectivity index is 1.47. The number of benzene rings is 3. The molecule has 0 saturated carbocycles. The number of aromatic nitrogens is 3. The van der Waals surface area contributed by atoms with Gasteiger partial charge in [0.05, 0.1) is 18.4 Å². The summed E-state index contributed by atoms with van der Waals surface area (Å²) in [6.45, 7) is 0.550. The molecule has 0 unspecified atom stereocenters. The van der Waals surface area contributed by atoms with E-state index in [4.69, 9.17) is 4.74 Å². The van der Waals surface area contributed by atoms with E-state index in [1.165, 1.54) is 0 Å². The van der Waals surface area contributed by atoms with E-state index < -0.39 is 0 Å². The summed E-state index contributed by atoms with van der Waals surface area (Å²) in [6.07, 6.45) is 1.63. The van der Waals surface area contributed by atoms with Gasteiger partial charge in [0, 0.05) is 0 Å². The van der Waals surface area contributed by atoms with Crippen molar-refractivity contribution in [3.8, 4) is 11.5 Å². The number of anilines is 1. The Morgan fingerprint density at radius 2 is 1.57 bits per heavy atom. The quantitative estimate of drug-likeness (QED) is 0.547. The number of rotatable bonds is 6. The molecule has 1 aromatic heterocycles. The summed E-state index contributed by atoms with van der Waals surface area (Å²) >= 11 is 0. The predicted octanol–water partition coefficient (Wildman–Crippen LogP) is 4.37. The van der Waals surface area contributed by atoms with Crippen molar-refractivity contribution in [3.05, 3.63) is 102 Å². The molecule has 0 fully saturated rings. The normalized spacial score (nSPS) is 10.4. The highest BCUT2D eigenvalue weighted by atomic mass is 16.5. The summed E-state index contributed by atoms with van der Waals surface area (Å²) in [5.41, 5.74) is 1.89. The molecule has 0 saturated heterocycles. The van der Waals surface area contributed by atoms with Crippen LogP contribution in [0.2, 0.25) is 0 Å². The maximum atomic E-state index is 12.6. The van der Waals surface area contributed by atoms with Gasteiger partial charge in [0.25, 0.3) is 5.91 Å². The average Bonchev–Trinajstić information content (AvgIpc) is 3.20. The van der Waals surface area contributed by atoms with Gasteiger partial charge in [-0.25, -0.2) is 4.68 Å². The highest BCUT2D eigenvalue weighted by molar-refractivity contribution is 6.03. The zero-order chi connectivity index (χ0) is 19.2. The van der Waals surface area contributed by atoms with E-state index in [0.717, 1.165) is 5.56 Å². The maximum absolute atomic E-state index is 12.6. The van der Waals surface area contributed by atoms with Crippen molar-refractivity contribution in [2.24, 2.45) is 0 Å². The van der Waals surface area contributed by atoms with E-state index in [1.54, 1.807) is 23.0 Å². The van der Waals surface area contributed by atoms with Crippen LogP contribution in [0.4, 0.5) is 5.69 Å². The lowest BCUT2D eigenvalue weighted by Crippen LogP contribution is -2.13. The fourth-order valence-electron chi connectivity index (χ4n) is 2.71. The molecule has 138 valence electrons. The molecule has 0 bridgehead atoms. The molecule has 6 heteroatoms. The Hall–Kier alpha value is -3.93. The zero-order valence-corrected chi connectivity index (χ0v) is 15.0. The molecule has 3 aromatic carbocycles. The molecular formula is C22H18N4O2. The summed E-state index contributed by atoms with van der Waals surface area (Å²) in [7, 11) is 0. The van der Waals surface area contributed by atoms with Gasteiger partial charge in [-0.05, 0) is 29.8 Å². The van der Waals surface area contributed by atoms with E-state index in [1.807, 2.05) is 72.8 Å². The molecule has 1 heterocycles. The molecule has 4 aromatic rings. The van der Waals surface area contributed by atoms with Gasteiger partial charge in [0.2, 0.25) is 0 Å². The number of ether oxygens (including phenoxy) is 1. The number of nitrogens with one attached hydrogen (secondary N) is 1. The van der Waals surface area contributed by atoms with Gasteiger partial charge in [-0.1, -0.05) is 65.9 Å². The molecule has 0 aliphatic heterocycles. The minimum Gasteiger partial charge on any atom is -0.455 e. The first-order valence-corrected chi connectivity index (χ1v) is 8.85. The van der Waals surface area contributed by atoms with Crippen molar-refractivity contribution in [1.29, 1.82) is 0 Å². The van der Waals surface area contributed by atoms with Crippen LogP contribution in [-0.2, 0) is 6.54 Å². The van der Waals surface area contributed by atoms with Crippen molar-refractivity contribution in [1.82, 2.24) is 15.0 Å². The summed E-state index contributed by atoms with van der Waals surface area (Å²) < 4.78 is 7.51. The van der Waals surface area contributed by atoms with Crippen LogP contribution in [0.25, 0.3) is 0 Å². The first-order valence-electron chi connectivity index (χ1n) is 8.85. The van der Waals surface area contributed by atoms with Crippen LogP contribution >= 0.6 is 0 Å². The van der Waals surface area contributed by atoms with Crippen LogP contribution in [0, 0.1) is 0 Å². The molecule has 1 N–H and O–H groups in total. The lowest BCUT2D eigenvalue weighted by Gasteiger charge is -2.11. The van der Waals surface area contributed by atoms with Crippen molar-refractivity contribution in [2.75, 3.05) is 5.32 Å². The number of para-hydroxylation sites is 3. The van der Waals surface area contributed by atoms with Crippen molar-refractivity contribution in [3.63, 3.8) is 0 Å². The Kier molecular flexibility index (Phi) is 5.11. The molecule has 0 aliphatic carbocycles. The second kappa shape index (κ2) is 8.18. The van der Waals surface area contributed by atoms with E-state index in [-0.39, 0.29) is 11.6 Å². The van der Waals surface area contributed by atoms with Gasteiger partial charge >= 0.3 is 0 Å². The summed E-state index contributed by atoms with van der Waals surface area (Å²) in [5, 5.41) is 10.9. The van der Waals surface area contributed by atoms with Crippen molar-refractivity contribution >= 4 is 11.6 Å². The molecule has 0 aliphatic rings. The van der Waals surface area contributed by atoms with Gasteiger partial charge in [-0.2, -0.15) is 0 Å². The minimum absolute atomic E-state index is 0.241. The topological polar surface area (TPSA) is 69.0 Å². The van der Waals surface area contributed by atoms with E-state index in [2.05, 4.69) is 15.6 Å². The van der Waals surface area contributed by atoms with E-state index in [0.29, 0.717) is 23.7 Å². The largest absolute Gasteiger partial charge is 0.455 e. The number of carbonyl (C=O) groups excluding carboxylic acids is 1. The van der Waals surface area contributed by atoms with Crippen LogP contribution in [0.3, 0.4) is 0 Å². The second-order valence-corrected chi connectivity index (χ2v) is 6.15. The zero-order valence-electron chi connectivity index (χ0n) is 15.0. The van der Waals surface area contributed by atoms with E-state index in [9.17, 15) is 4.79 Å². The van der Waals surface area contributed by atoms with Crippen molar-refractivity contribution < 1.29 is 9.53 Å². The number of hydrogen-bond acceptors (Lipinski definition) is 4. The van der Waals surface area contributed by atoms with Crippen LogP contribution < -0.4 is 10.1 Å². The second-order valence-electron chi connectivity index (χ2n) is 6.15. The molecule has 0 spiro atoms. The Morgan fingerprint density at radius 3 is 2.36 bits per heavy atom. The number of nitrogens with zero attached hydrogens (tertiary/aromatic N) is 3. The maximum Gasteiger partial charge on any atom is 0.277 e. The molecular weight excluding hydrogens is 352 g/mol. The van der Waals surface area contributed by atoms with Gasteiger partial charge in [0.1, 0.15) is 5.75 Å². The fourth-order valence-corrected chi connectivity index (χ4v) is 2.71. The third-order valence-electron chi connectivity index (χ3n) is 4.06. The number of hydrogen-bond donors (Lipinski definition) is 1. The Morgan fingerprint density at radius 1 is 0.893 bits per heavy atom. The monoisotopic (exact) mass is 370 g/mol. The van der Waals surface area contributed by atoms with Gasteiger partial charge in [-0.3, -0.25) is 4.79 Å².